The molecule has 2 unspecified atom stereocenters. The van der Waals surface area contributed by atoms with E-state index in [-0.39, 0.29) is 5.92 Å². The van der Waals surface area contributed by atoms with Gasteiger partial charge in [-0.25, -0.2) is 8.42 Å². The lowest BCUT2D eigenvalue weighted by Gasteiger charge is -2.26. The fourth-order valence-corrected chi connectivity index (χ4v) is 2.58. The van der Waals surface area contributed by atoms with Crippen LogP contribution in [0.15, 0.2) is 0 Å². The Morgan fingerprint density at radius 3 is 2.44 bits per heavy atom. The SMILES string of the molecule is CC(C#N)S(=O)(=O)NC(C)(C(=O)O)C1CC1. The molecular formula is C9H14N2O4S. The zero-order valence-corrected chi connectivity index (χ0v) is 9.91. The number of nitrogens with one attached hydrogen (secondary N) is 1. The van der Waals surface area contributed by atoms with E-state index in [1.54, 1.807) is 6.07 Å². The maximum absolute atomic E-state index is 11.6. The van der Waals surface area contributed by atoms with Crippen LogP contribution in [0.5, 0.6) is 0 Å². The minimum Gasteiger partial charge on any atom is -0.480 e. The van der Waals surface area contributed by atoms with Crippen molar-refractivity contribution in [1.82, 2.24) is 4.72 Å². The van der Waals surface area contributed by atoms with Crippen LogP contribution in [0.1, 0.15) is 26.7 Å². The summed E-state index contributed by atoms with van der Waals surface area (Å²) in [6.07, 6.45) is 1.37. The summed E-state index contributed by atoms with van der Waals surface area (Å²) < 4.78 is 25.4. The van der Waals surface area contributed by atoms with Crippen molar-refractivity contribution in [3.05, 3.63) is 0 Å². The van der Waals surface area contributed by atoms with E-state index in [1.807, 2.05) is 0 Å². The highest BCUT2D eigenvalue weighted by Gasteiger charge is 2.50. The number of nitrogens with zero attached hydrogens (tertiary/aromatic N) is 1. The number of sulfonamides is 1. The minimum absolute atomic E-state index is 0.189. The Labute approximate surface area is 94.3 Å². The fourth-order valence-electron chi connectivity index (χ4n) is 1.42. The van der Waals surface area contributed by atoms with Gasteiger partial charge in [-0.15, -0.1) is 0 Å². The van der Waals surface area contributed by atoms with Crippen molar-refractivity contribution in [3.63, 3.8) is 0 Å². The molecule has 0 bridgehead atoms. The smallest absolute Gasteiger partial charge is 0.324 e. The summed E-state index contributed by atoms with van der Waals surface area (Å²) in [6, 6.07) is 1.58. The molecule has 1 saturated carbocycles. The highest BCUT2D eigenvalue weighted by atomic mass is 32.2. The van der Waals surface area contributed by atoms with E-state index < -0.39 is 26.8 Å². The molecule has 1 aliphatic carbocycles. The lowest BCUT2D eigenvalue weighted by atomic mass is 9.98. The molecule has 16 heavy (non-hydrogen) atoms. The molecule has 0 aliphatic heterocycles. The van der Waals surface area contributed by atoms with Crippen molar-refractivity contribution in [2.75, 3.05) is 0 Å². The maximum atomic E-state index is 11.6. The fraction of sp³-hybridized carbons (Fsp3) is 0.778. The zero-order chi connectivity index (χ0) is 12.6. The molecule has 1 fully saturated rings. The van der Waals surface area contributed by atoms with E-state index in [1.165, 1.54) is 13.8 Å². The molecule has 7 heteroatoms. The number of hydrogen-bond acceptors (Lipinski definition) is 4. The van der Waals surface area contributed by atoms with E-state index in [9.17, 15) is 13.2 Å². The van der Waals surface area contributed by atoms with E-state index in [2.05, 4.69) is 4.72 Å². The van der Waals surface area contributed by atoms with Gasteiger partial charge in [0.25, 0.3) is 0 Å². The van der Waals surface area contributed by atoms with Crippen LogP contribution in [0.25, 0.3) is 0 Å². The molecule has 90 valence electrons. The first kappa shape index (κ1) is 12.9. The highest BCUT2D eigenvalue weighted by molar-refractivity contribution is 7.90. The molecule has 0 heterocycles. The molecule has 0 aromatic rings. The van der Waals surface area contributed by atoms with Crippen LogP contribution in [-0.2, 0) is 14.8 Å². The van der Waals surface area contributed by atoms with Crippen molar-refractivity contribution in [2.24, 2.45) is 5.92 Å². The van der Waals surface area contributed by atoms with Gasteiger partial charge in [-0.2, -0.15) is 9.98 Å². The highest BCUT2D eigenvalue weighted by Crippen LogP contribution is 2.40. The Hall–Kier alpha value is -1.13. The molecular weight excluding hydrogens is 232 g/mol. The Morgan fingerprint density at radius 1 is 1.62 bits per heavy atom. The first-order valence-corrected chi connectivity index (χ1v) is 6.44. The van der Waals surface area contributed by atoms with E-state index in [4.69, 9.17) is 10.4 Å². The summed E-state index contributed by atoms with van der Waals surface area (Å²) in [7, 11) is -3.91. The molecule has 2 atom stereocenters. The van der Waals surface area contributed by atoms with Gasteiger partial charge < -0.3 is 5.11 Å². The molecule has 1 rings (SSSR count). The summed E-state index contributed by atoms with van der Waals surface area (Å²) in [4.78, 5) is 11.1. The van der Waals surface area contributed by atoms with E-state index >= 15 is 0 Å². The van der Waals surface area contributed by atoms with Crippen LogP contribution in [0.3, 0.4) is 0 Å². The number of carboxylic acid groups (broad SMARTS) is 1. The van der Waals surface area contributed by atoms with Crippen LogP contribution in [0.2, 0.25) is 0 Å². The number of carboxylic acids is 1. The molecule has 0 aromatic carbocycles. The van der Waals surface area contributed by atoms with Crippen molar-refractivity contribution in [1.29, 1.82) is 5.26 Å². The third-order valence-corrected chi connectivity index (χ3v) is 4.58. The molecule has 0 amide bonds. The third-order valence-electron chi connectivity index (χ3n) is 2.84. The Morgan fingerprint density at radius 2 is 2.12 bits per heavy atom. The maximum Gasteiger partial charge on any atom is 0.324 e. The second-order valence-electron chi connectivity index (χ2n) is 4.20. The molecule has 0 radical (unpaired) electrons. The minimum atomic E-state index is -3.91. The summed E-state index contributed by atoms with van der Waals surface area (Å²) in [5.41, 5.74) is -1.50. The van der Waals surface area contributed by atoms with Gasteiger partial charge in [-0.3, -0.25) is 4.79 Å². The van der Waals surface area contributed by atoms with Gasteiger partial charge in [-0.1, -0.05) is 0 Å². The van der Waals surface area contributed by atoms with E-state index in [0.29, 0.717) is 12.8 Å². The Kier molecular flexibility index (Phi) is 3.26. The number of rotatable bonds is 5. The quantitative estimate of drug-likeness (QED) is 0.713. The van der Waals surface area contributed by atoms with Crippen LogP contribution < -0.4 is 4.72 Å². The molecule has 0 aromatic heterocycles. The Bertz CT molecular complexity index is 435. The Balaban J connectivity index is 2.94. The van der Waals surface area contributed by atoms with Crippen LogP contribution in [-0.4, -0.2) is 30.3 Å². The summed E-state index contributed by atoms with van der Waals surface area (Å²) >= 11 is 0. The average Bonchev–Trinajstić information content (AvgIpc) is 2.98. The van der Waals surface area contributed by atoms with Crippen molar-refractivity contribution in [3.8, 4) is 6.07 Å². The summed E-state index contributed by atoms with van der Waals surface area (Å²) in [5, 5.41) is 16.3. The first-order valence-electron chi connectivity index (χ1n) is 4.90. The predicted octanol–water partition coefficient (Wildman–Crippen LogP) is 0.0712. The van der Waals surface area contributed by atoms with Gasteiger partial charge in [0.1, 0.15) is 5.54 Å². The molecule has 6 nitrogen and oxygen atoms in total. The molecule has 0 spiro atoms. The van der Waals surface area contributed by atoms with E-state index in [0.717, 1.165) is 0 Å². The van der Waals surface area contributed by atoms with Crippen LogP contribution >= 0.6 is 0 Å². The lowest BCUT2D eigenvalue weighted by molar-refractivity contribution is -0.144. The summed E-state index contributed by atoms with van der Waals surface area (Å²) in [6.45, 7) is 2.56. The van der Waals surface area contributed by atoms with Gasteiger partial charge >= 0.3 is 5.97 Å². The van der Waals surface area contributed by atoms with Gasteiger partial charge in [0, 0.05) is 0 Å². The zero-order valence-electron chi connectivity index (χ0n) is 9.10. The lowest BCUT2D eigenvalue weighted by Crippen LogP contribution is -2.55. The number of hydrogen-bond donors (Lipinski definition) is 2. The monoisotopic (exact) mass is 246 g/mol. The topological polar surface area (TPSA) is 107 Å². The number of nitriles is 1. The first-order chi connectivity index (χ1) is 7.24. The number of carbonyl (C=O) groups is 1. The average molecular weight is 246 g/mol. The normalized spacial score (nSPS) is 21.8. The third kappa shape index (κ3) is 2.33. The molecule has 1 aliphatic rings. The van der Waals surface area contributed by atoms with Crippen LogP contribution in [0.4, 0.5) is 0 Å². The van der Waals surface area contributed by atoms with Crippen molar-refractivity contribution >= 4 is 16.0 Å². The second-order valence-corrected chi connectivity index (χ2v) is 6.20. The largest absolute Gasteiger partial charge is 0.480 e. The van der Waals surface area contributed by atoms with Crippen LogP contribution in [0, 0.1) is 17.2 Å². The van der Waals surface area contributed by atoms with Crippen molar-refractivity contribution < 1.29 is 18.3 Å². The standard InChI is InChI=1S/C9H14N2O4S/c1-6(5-10)16(14,15)11-9(2,8(12)13)7-3-4-7/h6-7,11H,3-4H2,1-2H3,(H,12,13). The van der Waals surface area contributed by atoms with Gasteiger partial charge in [0.05, 0.1) is 6.07 Å². The van der Waals surface area contributed by atoms with Gasteiger partial charge in [-0.05, 0) is 32.6 Å². The second kappa shape index (κ2) is 4.03. The predicted molar refractivity (Wildman–Crippen MR) is 55.9 cm³/mol. The van der Waals surface area contributed by atoms with Crippen molar-refractivity contribution in [2.45, 2.75) is 37.5 Å². The molecule has 2 N–H and O–H groups in total. The van der Waals surface area contributed by atoms with Gasteiger partial charge in [0.2, 0.25) is 10.0 Å². The molecule has 0 saturated heterocycles. The van der Waals surface area contributed by atoms with Gasteiger partial charge in [0.15, 0.2) is 5.25 Å². The summed E-state index contributed by atoms with van der Waals surface area (Å²) in [5.74, 6) is -1.39. The number of aliphatic carboxylic acids is 1.